The summed E-state index contributed by atoms with van der Waals surface area (Å²) in [7, 11) is 0. The summed E-state index contributed by atoms with van der Waals surface area (Å²) >= 11 is 0. The van der Waals surface area contributed by atoms with Crippen LogP contribution < -0.4 is 0 Å². The zero-order valence-electron chi connectivity index (χ0n) is 33.3. The topological polar surface area (TPSA) is 51.6 Å². The molecule has 4 saturated carbocycles. The molecule has 0 aliphatic heterocycles. The number of aromatic nitrogens is 4. The van der Waals surface area contributed by atoms with E-state index in [9.17, 15) is 0 Å². The molecule has 5 aliphatic carbocycles. The van der Waals surface area contributed by atoms with Crippen molar-refractivity contribution in [2.24, 2.45) is 23.7 Å². The third-order valence-electron chi connectivity index (χ3n) is 14.7. The van der Waals surface area contributed by atoms with Gasteiger partial charge in [-0.25, -0.2) is 15.0 Å². The highest BCUT2D eigenvalue weighted by atomic mass is 15.0. The highest BCUT2D eigenvalue weighted by Gasteiger charge is 2.62. The lowest BCUT2D eigenvalue weighted by molar-refractivity contribution is -0.0399. The number of benzene rings is 7. The minimum Gasteiger partial charge on any atom is -0.256 e. The Kier molecular flexibility index (Phi) is 7.46. The van der Waals surface area contributed by atoms with Gasteiger partial charge in [-0.3, -0.25) is 4.98 Å². The van der Waals surface area contributed by atoms with Crippen LogP contribution in [0.2, 0.25) is 0 Å². The van der Waals surface area contributed by atoms with Crippen LogP contribution in [0.3, 0.4) is 0 Å². The third kappa shape index (κ3) is 5.03. The van der Waals surface area contributed by atoms with Crippen LogP contribution in [0, 0.1) is 23.7 Å². The van der Waals surface area contributed by atoms with Crippen molar-refractivity contribution in [1.82, 2.24) is 19.9 Å². The summed E-state index contributed by atoms with van der Waals surface area (Å²) in [5.74, 6) is 5.18. The average molecular weight is 771 g/mol. The standard InChI is InChI=1S/C56H42N4/c1-2-11-39(12-3-1)53-58-54(40-23-21-37(22-24-40)47-19-7-13-38-16-9-27-57-52(38)47)60-55(59-53)42-15-6-14-41(33-42)46-18-8-20-48-51(46)50-45-17-5-4-10-36(45)25-26-49(50)56(48)43-29-34-28-35(31-43)32-44(56)30-34/h1-27,33-35,43-44H,28-32H2. The molecule has 2 heterocycles. The molecule has 4 fully saturated rings. The van der Waals surface area contributed by atoms with E-state index in [4.69, 9.17) is 19.9 Å². The Balaban J connectivity index is 0.958. The highest BCUT2D eigenvalue weighted by molar-refractivity contribution is 6.07. The second kappa shape index (κ2) is 13.1. The van der Waals surface area contributed by atoms with Gasteiger partial charge in [0, 0.05) is 39.3 Å². The van der Waals surface area contributed by atoms with E-state index in [1.54, 1.807) is 11.1 Å². The summed E-state index contributed by atoms with van der Waals surface area (Å²) in [5.41, 5.74) is 14.7. The summed E-state index contributed by atoms with van der Waals surface area (Å²) in [6, 6.07) is 59.4. The fourth-order valence-corrected chi connectivity index (χ4v) is 12.6. The van der Waals surface area contributed by atoms with E-state index in [1.165, 1.54) is 65.1 Å². The van der Waals surface area contributed by atoms with E-state index < -0.39 is 0 Å². The predicted octanol–water partition coefficient (Wildman–Crippen LogP) is 13.6. The van der Waals surface area contributed by atoms with Crippen molar-refractivity contribution in [3.63, 3.8) is 0 Å². The highest BCUT2D eigenvalue weighted by Crippen LogP contribution is 2.70. The summed E-state index contributed by atoms with van der Waals surface area (Å²) in [6.45, 7) is 0. The fourth-order valence-electron chi connectivity index (χ4n) is 12.6. The number of hydrogen-bond acceptors (Lipinski definition) is 4. The minimum atomic E-state index is 0.0864. The van der Waals surface area contributed by atoms with E-state index in [0.717, 1.165) is 50.6 Å². The summed E-state index contributed by atoms with van der Waals surface area (Å²) in [6.07, 6.45) is 8.78. The molecule has 0 amide bonds. The Morgan fingerprint density at radius 1 is 0.400 bits per heavy atom. The van der Waals surface area contributed by atoms with Crippen molar-refractivity contribution in [2.75, 3.05) is 0 Å². The van der Waals surface area contributed by atoms with Gasteiger partial charge in [-0.1, -0.05) is 152 Å². The van der Waals surface area contributed by atoms with Gasteiger partial charge in [-0.05, 0) is 118 Å². The van der Waals surface area contributed by atoms with Crippen LogP contribution in [0.4, 0.5) is 0 Å². The first-order valence-corrected chi connectivity index (χ1v) is 21.7. The van der Waals surface area contributed by atoms with Crippen LogP contribution >= 0.6 is 0 Å². The van der Waals surface area contributed by atoms with Crippen molar-refractivity contribution in [1.29, 1.82) is 0 Å². The van der Waals surface area contributed by atoms with Gasteiger partial charge in [0.15, 0.2) is 17.5 Å². The second-order valence-corrected chi connectivity index (χ2v) is 17.8. The maximum atomic E-state index is 5.22. The number of rotatable bonds is 5. The van der Waals surface area contributed by atoms with Crippen LogP contribution in [0.25, 0.3) is 89.2 Å². The van der Waals surface area contributed by atoms with Crippen molar-refractivity contribution in [3.8, 4) is 67.5 Å². The molecule has 7 aromatic carbocycles. The molecular weight excluding hydrogens is 729 g/mol. The molecular formula is C56H42N4. The maximum absolute atomic E-state index is 5.22. The molecule has 9 aromatic rings. The second-order valence-electron chi connectivity index (χ2n) is 17.8. The van der Waals surface area contributed by atoms with Crippen LogP contribution in [-0.2, 0) is 5.41 Å². The molecule has 5 aliphatic rings. The number of hydrogen-bond donors (Lipinski definition) is 0. The van der Waals surface area contributed by atoms with E-state index >= 15 is 0 Å². The molecule has 60 heavy (non-hydrogen) atoms. The third-order valence-corrected chi connectivity index (χ3v) is 14.7. The molecule has 0 N–H and O–H groups in total. The van der Waals surface area contributed by atoms with E-state index in [1.807, 2.05) is 30.5 Å². The molecule has 4 heteroatoms. The Labute approximate surface area is 350 Å². The van der Waals surface area contributed by atoms with E-state index in [0.29, 0.717) is 29.3 Å². The van der Waals surface area contributed by atoms with Crippen molar-refractivity contribution in [3.05, 3.63) is 181 Å². The van der Waals surface area contributed by atoms with Crippen LogP contribution in [0.15, 0.2) is 170 Å². The minimum absolute atomic E-state index is 0.0864. The molecule has 14 rings (SSSR count). The molecule has 1 spiro atoms. The summed E-state index contributed by atoms with van der Waals surface area (Å²) in [4.78, 5) is 20.2. The van der Waals surface area contributed by atoms with Crippen LogP contribution in [-0.4, -0.2) is 19.9 Å². The largest absolute Gasteiger partial charge is 0.256 e. The molecule has 0 radical (unpaired) electrons. The first-order valence-electron chi connectivity index (χ1n) is 21.7. The van der Waals surface area contributed by atoms with Crippen LogP contribution in [0.5, 0.6) is 0 Å². The summed E-state index contributed by atoms with van der Waals surface area (Å²) < 4.78 is 0. The smallest absolute Gasteiger partial charge is 0.164 e. The Bertz CT molecular complexity index is 3130. The lowest BCUT2D eigenvalue weighted by Crippen LogP contribution is -2.55. The fraction of sp³-hybridized carbons (Fsp3) is 0.179. The SMILES string of the molecule is c1ccc(-c2nc(-c3ccc(-c4cccc5cccnc45)cc3)nc(-c3cccc(-c4cccc5c4-c4c(ccc6ccccc46)C54C5CC6CC(C5)CC4C6)c3)n2)cc1. The Morgan fingerprint density at radius 3 is 1.78 bits per heavy atom. The van der Waals surface area contributed by atoms with Gasteiger partial charge >= 0.3 is 0 Å². The lowest BCUT2D eigenvalue weighted by Gasteiger charge is -2.61. The van der Waals surface area contributed by atoms with Gasteiger partial charge in [0.1, 0.15) is 0 Å². The van der Waals surface area contributed by atoms with Gasteiger partial charge in [0.25, 0.3) is 0 Å². The molecule has 286 valence electrons. The van der Waals surface area contributed by atoms with Crippen molar-refractivity contribution in [2.45, 2.75) is 37.5 Å². The lowest BCUT2D eigenvalue weighted by atomic mass is 9.43. The molecule has 0 saturated heterocycles. The normalized spacial score (nSPS) is 22.1. The number of pyridine rings is 1. The van der Waals surface area contributed by atoms with Gasteiger partial charge in [-0.2, -0.15) is 0 Å². The molecule has 4 nitrogen and oxygen atoms in total. The number of fused-ring (bicyclic) bond motifs is 6. The van der Waals surface area contributed by atoms with E-state index in [-0.39, 0.29) is 5.41 Å². The summed E-state index contributed by atoms with van der Waals surface area (Å²) in [5, 5.41) is 3.82. The molecule has 2 aromatic heterocycles. The quantitative estimate of drug-likeness (QED) is 0.175. The maximum Gasteiger partial charge on any atom is 0.164 e. The zero-order chi connectivity index (χ0) is 39.4. The first kappa shape index (κ1) is 34.1. The van der Waals surface area contributed by atoms with Crippen molar-refractivity contribution < 1.29 is 0 Å². The zero-order valence-corrected chi connectivity index (χ0v) is 33.3. The van der Waals surface area contributed by atoms with Gasteiger partial charge in [0.2, 0.25) is 0 Å². The monoisotopic (exact) mass is 770 g/mol. The molecule has 0 unspecified atom stereocenters. The van der Waals surface area contributed by atoms with Gasteiger partial charge in [0.05, 0.1) is 5.52 Å². The Morgan fingerprint density at radius 2 is 0.983 bits per heavy atom. The predicted molar refractivity (Wildman–Crippen MR) is 243 cm³/mol. The Hall–Kier alpha value is -6.78. The van der Waals surface area contributed by atoms with Crippen molar-refractivity contribution >= 4 is 21.7 Å². The molecule has 4 bridgehead atoms. The average Bonchev–Trinajstić information content (AvgIpc) is 3.62. The van der Waals surface area contributed by atoms with E-state index in [2.05, 4.69) is 140 Å². The number of nitrogens with zero attached hydrogens (tertiary/aromatic N) is 4. The van der Waals surface area contributed by atoms with Crippen LogP contribution in [0.1, 0.15) is 43.2 Å². The number of para-hydroxylation sites is 1. The van der Waals surface area contributed by atoms with Gasteiger partial charge < -0.3 is 0 Å². The van der Waals surface area contributed by atoms with Gasteiger partial charge in [-0.15, -0.1) is 0 Å². The first-order chi connectivity index (χ1) is 29.7. The molecule has 0 atom stereocenters.